The van der Waals surface area contributed by atoms with E-state index in [9.17, 15) is 18.0 Å². The summed E-state index contributed by atoms with van der Waals surface area (Å²) in [4.78, 5) is 15.9. The maximum absolute atomic E-state index is 12.9. The van der Waals surface area contributed by atoms with Crippen LogP contribution in [0.15, 0.2) is 36.5 Å². The highest BCUT2D eigenvalue weighted by Gasteiger charge is 2.33. The first-order chi connectivity index (χ1) is 13.7. The van der Waals surface area contributed by atoms with Crippen LogP contribution < -0.4 is 10.1 Å². The largest absolute Gasteiger partial charge is 0.489 e. The van der Waals surface area contributed by atoms with E-state index in [0.717, 1.165) is 12.1 Å². The van der Waals surface area contributed by atoms with E-state index < -0.39 is 17.8 Å². The molecule has 0 saturated heterocycles. The molecule has 0 fully saturated rings. The lowest BCUT2D eigenvalue weighted by Crippen LogP contribution is -2.18. The maximum atomic E-state index is 12.9. The van der Waals surface area contributed by atoms with Gasteiger partial charge in [-0.3, -0.25) is 9.48 Å². The molecule has 3 aromatic rings. The zero-order valence-corrected chi connectivity index (χ0v) is 15.7. The molecule has 0 aliphatic carbocycles. The van der Waals surface area contributed by atoms with Gasteiger partial charge >= 0.3 is 6.18 Å². The Morgan fingerprint density at radius 2 is 2.07 bits per heavy atom. The molecule has 7 nitrogen and oxygen atoms in total. The smallest absolute Gasteiger partial charge is 0.433 e. The van der Waals surface area contributed by atoms with Crippen molar-refractivity contribution in [1.29, 1.82) is 0 Å². The summed E-state index contributed by atoms with van der Waals surface area (Å²) in [5, 5.41) is 16.6. The molecule has 0 aliphatic heterocycles. The first-order valence-corrected chi connectivity index (χ1v) is 8.81. The van der Waals surface area contributed by atoms with Crippen molar-refractivity contribution in [2.45, 2.75) is 32.7 Å². The van der Waals surface area contributed by atoms with Gasteiger partial charge in [-0.25, -0.2) is 4.98 Å². The molecule has 0 aliphatic rings. The summed E-state index contributed by atoms with van der Waals surface area (Å²) in [6.45, 7) is 3.81. The molecule has 0 saturated carbocycles. The van der Waals surface area contributed by atoms with Gasteiger partial charge in [0.05, 0.1) is 30.5 Å². The van der Waals surface area contributed by atoms with Gasteiger partial charge in [0.15, 0.2) is 0 Å². The fraction of sp³-hybridized carbons (Fsp3) is 0.316. The van der Waals surface area contributed by atoms with Crippen LogP contribution in [0.3, 0.4) is 0 Å². The zero-order chi connectivity index (χ0) is 21.2. The second-order valence-electron chi connectivity index (χ2n) is 6.55. The Kier molecular flexibility index (Phi) is 5.73. The van der Waals surface area contributed by atoms with Crippen molar-refractivity contribution in [1.82, 2.24) is 14.8 Å². The number of benzene rings is 1. The number of nitrogens with one attached hydrogen (secondary N) is 1. The average Bonchev–Trinajstić information content (AvgIpc) is 3.02. The second-order valence-corrected chi connectivity index (χ2v) is 6.55. The van der Waals surface area contributed by atoms with Crippen LogP contribution in [-0.2, 0) is 12.7 Å². The molecule has 0 radical (unpaired) electrons. The van der Waals surface area contributed by atoms with Crippen LogP contribution in [0.25, 0.3) is 10.9 Å². The Morgan fingerprint density at radius 1 is 1.31 bits per heavy atom. The summed E-state index contributed by atoms with van der Waals surface area (Å²) in [5.74, 6) is -0.478. The molecule has 154 valence electrons. The quantitative estimate of drug-likeness (QED) is 0.652. The van der Waals surface area contributed by atoms with Crippen molar-refractivity contribution in [3.8, 4) is 5.75 Å². The third-order valence-corrected chi connectivity index (χ3v) is 3.87. The summed E-state index contributed by atoms with van der Waals surface area (Å²) in [6, 6.07) is 6.35. The number of fused-ring (bicyclic) bond motifs is 1. The number of aliphatic hydroxyl groups excluding tert-OH is 1. The third-order valence-electron chi connectivity index (χ3n) is 3.87. The van der Waals surface area contributed by atoms with Gasteiger partial charge in [0.1, 0.15) is 17.1 Å². The van der Waals surface area contributed by atoms with Crippen LogP contribution in [0.2, 0.25) is 0 Å². The van der Waals surface area contributed by atoms with Crippen LogP contribution in [0.4, 0.5) is 18.9 Å². The third kappa shape index (κ3) is 4.83. The Bertz CT molecular complexity index is 1030. The predicted molar refractivity (Wildman–Crippen MR) is 99.8 cm³/mol. The monoisotopic (exact) mass is 408 g/mol. The lowest BCUT2D eigenvalue weighted by molar-refractivity contribution is -0.141. The van der Waals surface area contributed by atoms with E-state index in [1.165, 1.54) is 6.07 Å². The van der Waals surface area contributed by atoms with Crippen LogP contribution in [0.5, 0.6) is 5.75 Å². The molecule has 0 unspecified atom stereocenters. The number of hydrogen-bond donors (Lipinski definition) is 2. The Hall–Kier alpha value is -3.14. The second kappa shape index (κ2) is 8.08. The number of alkyl halides is 3. The van der Waals surface area contributed by atoms with Gasteiger partial charge in [0.2, 0.25) is 0 Å². The average molecular weight is 408 g/mol. The van der Waals surface area contributed by atoms with E-state index in [2.05, 4.69) is 15.4 Å². The molecule has 2 aromatic heterocycles. The Labute approximate surface area is 164 Å². The minimum atomic E-state index is -4.65. The topological polar surface area (TPSA) is 89.3 Å². The van der Waals surface area contributed by atoms with E-state index in [0.29, 0.717) is 23.2 Å². The SMILES string of the molecule is CC(C)Oc1cc2nn(CCO)cc2cc1NC(=O)c1cccc(C(F)(F)F)n1. The number of halogens is 3. The minimum absolute atomic E-state index is 0.0891. The first kappa shape index (κ1) is 20.6. The number of aromatic nitrogens is 3. The first-order valence-electron chi connectivity index (χ1n) is 8.81. The number of nitrogens with zero attached hydrogens (tertiary/aromatic N) is 3. The Balaban J connectivity index is 1.96. The number of hydrogen-bond acceptors (Lipinski definition) is 5. The highest BCUT2D eigenvalue weighted by Crippen LogP contribution is 2.32. The van der Waals surface area contributed by atoms with E-state index in [1.807, 2.05) is 0 Å². The van der Waals surface area contributed by atoms with Crippen molar-refractivity contribution in [2.75, 3.05) is 11.9 Å². The number of amides is 1. The van der Waals surface area contributed by atoms with Gasteiger partial charge in [-0.1, -0.05) is 6.07 Å². The Morgan fingerprint density at radius 3 is 2.72 bits per heavy atom. The number of pyridine rings is 1. The molecule has 0 spiro atoms. The number of rotatable bonds is 6. The highest BCUT2D eigenvalue weighted by molar-refractivity contribution is 6.05. The zero-order valence-electron chi connectivity index (χ0n) is 15.7. The summed E-state index contributed by atoms with van der Waals surface area (Å²) in [6.07, 6.45) is -3.18. The van der Waals surface area contributed by atoms with E-state index >= 15 is 0 Å². The molecular weight excluding hydrogens is 389 g/mol. The van der Waals surface area contributed by atoms with Crippen LogP contribution in [0, 0.1) is 0 Å². The van der Waals surface area contributed by atoms with E-state index in [4.69, 9.17) is 9.84 Å². The number of anilines is 1. The predicted octanol–water partition coefficient (Wildman–Crippen LogP) is 3.48. The van der Waals surface area contributed by atoms with Crippen molar-refractivity contribution >= 4 is 22.5 Å². The summed E-state index contributed by atoms with van der Waals surface area (Å²) in [7, 11) is 0. The molecule has 10 heteroatoms. The van der Waals surface area contributed by atoms with Gasteiger partial charge in [-0.05, 0) is 32.0 Å². The molecular formula is C19H19F3N4O3. The van der Waals surface area contributed by atoms with Gasteiger partial charge < -0.3 is 15.2 Å². The molecule has 2 N–H and O–H groups in total. The summed E-state index contributed by atoms with van der Waals surface area (Å²) < 4.78 is 45.9. The minimum Gasteiger partial charge on any atom is -0.489 e. The fourth-order valence-corrected chi connectivity index (χ4v) is 2.68. The molecule has 1 amide bonds. The van der Waals surface area contributed by atoms with Crippen LogP contribution in [-0.4, -0.2) is 38.5 Å². The molecule has 0 bridgehead atoms. The lowest BCUT2D eigenvalue weighted by Gasteiger charge is -2.15. The molecule has 29 heavy (non-hydrogen) atoms. The van der Waals surface area contributed by atoms with Crippen LogP contribution in [0.1, 0.15) is 30.0 Å². The van der Waals surface area contributed by atoms with E-state index in [-0.39, 0.29) is 24.1 Å². The van der Waals surface area contributed by atoms with E-state index in [1.54, 1.807) is 36.9 Å². The summed E-state index contributed by atoms with van der Waals surface area (Å²) >= 11 is 0. The van der Waals surface area contributed by atoms with Gasteiger partial charge in [-0.15, -0.1) is 0 Å². The molecule has 0 atom stereocenters. The lowest BCUT2D eigenvalue weighted by atomic mass is 10.2. The standard InChI is InChI=1S/C19H19F3N4O3/c1-11(2)29-16-9-14-12(10-26(25-14)6-7-27)8-15(16)24-18(28)13-4-3-5-17(23-13)19(20,21)22/h3-5,8-11,27H,6-7H2,1-2H3,(H,24,28). The van der Waals surface area contributed by atoms with Crippen molar-refractivity contribution in [3.05, 3.63) is 47.9 Å². The number of aliphatic hydroxyl groups is 1. The number of ether oxygens (including phenoxy) is 1. The number of carbonyl (C=O) groups excluding carboxylic acids is 1. The maximum Gasteiger partial charge on any atom is 0.433 e. The molecule has 2 heterocycles. The fourth-order valence-electron chi connectivity index (χ4n) is 2.68. The van der Waals surface area contributed by atoms with Crippen LogP contribution >= 0.6 is 0 Å². The summed E-state index contributed by atoms with van der Waals surface area (Å²) in [5.41, 5.74) is -0.654. The van der Waals surface area contributed by atoms with Crippen molar-refractivity contribution in [3.63, 3.8) is 0 Å². The molecule has 3 rings (SSSR count). The van der Waals surface area contributed by atoms with Gasteiger partial charge in [0.25, 0.3) is 5.91 Å². The van der Waals surface area contributed by atoms with Crippen molar-refractivity contribution < 1.29 is 27.8 Å². The van der Waals surface area contributed by atoms with Gasteiger partial charge in [-0.2, -0.15) is 18.3 Å². The van der Waals surface area contributed by atoms with Gasteiger partial charge in [0, 0.05) is 17.6 Å². The van der Waals surface area contributed by atoms with Crippen molar-refractivity contribution in [2.24, 2.45) is 0 Å². The normalized spacial score (nSPS) is 11.8. The highest BCUT2D eigenvalue weighted by atomic mass is 19.4. The molecule has 1 aromatic carbocycles. The number of carbonyl (C=O) groups is 1.